The van der Waals surface area contributed by atoms with Gasteiger partial charge in [0.25, 0.3) is 5.69 Å². The molecular formula is C11H11ClN2O2S. The molecule has 1 aromatic heterocycles. The summed E-state index contributed by atoms with van der Waals surface area (Å²) in [4.78, 5) is 11.1. The molecule has 90 valence electrons. The lowest BCUT2D eigenvalue weighted by atomic mass is 10.1. The molecule has 0 saturated heterocycles. The molecule has 0 unspecified atom stereocenters. The Morgan fingerprint density at radius 3 is 2.35 bits per heavy atom. The highest BCUT2D eigenvalue weighted by Crippen LogP contribution is 2.24. The number of hydrogen-bond donors (Lipinski definition) is 1. The number of non-ortho nitro benzene ring substituents is 1. The number of halogens is 1. The number of rotatable bonds is 3. The SMILES string of the molecule is Cl.N[C@H](c1ccc([N+](=O)[O-])cc1)c1cccs1. The van der Waals surface area contributed by atoms with Crippen molar-refractivity contribution < 1.29 is 4.92 Å². The van der Waals surface area contributed by atoms with E-state index in [4.69, 9.17) is 5.73 Å². The first kappa shape index (κ1) is 13.6. The Hall–Kier alpha value is -1.43. The van der Waals surface area contributed by atoms with E-state index in [1.807, 2.05) is 17.5 Å². The molecule has 17 heavy (non-hydrogen) atoms. The zero-order chi connectivity index (χ0) is 11.5. The average Bonchev–Trinajstić information content (AvgIpc) is 2.81. The number of nitrogens with two attached hydrogens (primary N) is 1. The fraction of sp³-hybridized carbons (Fsp3) is 0.0909. The number of benzene rings is 1. The fourth-order valence-electron chi connectivity index (χ4n) is 1.44. The Balaban J connectivity index is 0.00000144. The molecule has 0 fully saturated rings. The summed E-state index contributed by atoms with van der Waals surface area (Å²) in [5, 5.41) is 12.4. The zero-order valence-corrected chi connectivity index (χ0v) is 10.4. The highest BCUT2D eigenvalue weighted by Gasteiger charge is 2.11. The summed E-state index contributed by atoms with van der Waals surface area (Å²) < 4.78 is 0. The third-order valence-electron chi connectivity index (χ3n) is 2.31. The predicted octanol–water partition coefficient (Wildman–Crippen LogP) is 3.13. The van der Waals surface area contributed by atoms with E-state index in [2.05, 4.69) is 0 Å². The van der Waals surface area contributed by atoms with Crippen LogP contribution in [0.2, 0.25) is 0 Å². The van der Waals surface area contributed by atoms with Gasteiger partial charge in [0.2, 0.25) is 0 Å². The van der Waals surface area contributed by atoms with E-state index in [0.717, 1.165) is 10.4 Å². The lowest BCUT2D eigenvalue weighted by Gasteiger charge is -2.09. The van der Waals surface area contributed by atoms with Crippen LogP contribution in [0, 0.1) is 10.1 Å². The summed E-state index contributed by atoms with van der Waals surface area (Å²) in [6.45, 7) is 0. The molecule has 4 nitrogen and oxygen atoms in total. The Labute approximate surface area is 109 Å². The minimum Gasteiger partial charge on any atom is -0.320 e. The van der Waals surface area contributed by atoms with Crippen LogP contribution in [0.4, 0.5) is 5.69 Å². The van der Waals surface area contributed by atoms with Crippen LogP contribution < -0.4 is 5.73 Å². The van der Waals surface area contributed by atoms with Crippen LogP contribution in [0.1, 0.15) is 16.5 Å². The lowest BCUT2D eigenvalue weighted by molar-refractivity contribution is -0.384. The molecule has 0 aliphatic carbocycles. The van der Waals surface area contributed by atoms with Crippen LogP contribution >= 0.6 is 23.7 Å². The molecule has 0 aliphatic heterocycles. The number of thiophene rings is 1. The second-order valence-electron chi connectivity index (χ2n) is 3.34. The summed E-state index contributed by atoms with van der Waals surface area (Å²) in [5.74, 6) is 0. The van der Waals surface area contributed by atoms with Gasteiger partial charge in [0.1, 0.15) is 0 Å². The van der Waals surface area contributed by atoms with Crippen LogP contribution in [0.25, 0.3) is 0 Å². The third-order valence-corrected chi connectivity index (χ3v) is 3.27. The molecule has 2 rings (SSSR count). The zero-order valence-electron chi connectivity index (χ0n) is 8.78. The molecule has 1 atom stereocenters. The molecule has 1 heterocycles. The minimum atomic E-state index is -0.416. The first-order chi connectivity index (χ1) is 7.68. The summed E-state index contributed by atoms with van der Waals surface area (Å²) in [5.41, 5.74) is 7.00. The van der Waals surface area contributed by atoms with Gasteiger partial charge in [0.15, 0.2) is 0 Å². The van der Waals surface area contributed by atoms with E-state index >= 15 is 0 Å². The second kappa shape index (κ2) is 5.77. The third kappa shape index (κ3) is 3.03. The smallest absolute Gasteiger partial charge is 0.269 e. The van der Waals surface area contributed by atoms with Gasteiger partial charge >= 0.3 is 0 Å². The normalized spacial score (nSPS) is 11.6. The number of nitrogens with zero attached hydrogens (tertiary/aromatic N) is 1. The quantitative estimate of drug-likeness (QED) is 0.688. The van der Waals surface area contributed by atoms with Gasteiger partial charge in [-0.3, -0.25) is 10.1 Å². The van der Waals surface area contributed by atoms with Gasteiger partial charge in [0.05, 0.1) is 11.0 Å². The van der Waals surface area contributed by atoms with Gasteiger partial charge < -0.3 is 5.73 Å². The molecule has 1 aromatic carbocycles. The van der Waals surface area contributed by atoms with Crippen molar-refractivity contribution in [3.8, 4) is 0 Å². The maximum Gasteiger partial charge on any atom is 0.269 e. The molecule has 2 aromatic rings. The van der Waals surface area contributed by atoms with Crippen molar-refractivity contribution in [2.75, 3.05) is 0 Å². The Morgan fingerprint density at radius 1 is 1.24 bits per heavy atom. The first-order valence-corrected chi connectivity index (χ1v) is 5.60. The maximum atomic E-state index is 10.5. The van der Waals surface area contributed by atoms with Crippen molar-refractivity contribution >= 4 is 29.4 Å². The highest BCUT2D eigenvalue weighted by atomic mass is 35.5. The Kier molecular flexibility index (Phi) is 4.62. The summed E-state index contributed by atoms with van der Waals surface area (Å²) in [6.07, 6.45) is 0. The van der Waals surface area contributed by atoms with Crippen molar-refractivity contribution in [2.24, 2.45) is 5.73 Å². The molecule has 0 amide bonds. The molecule has 0 saturated carbocycles. The van der Waals surface area contributed by atoms with E-state index < -0.39 is 4.92 Å². The van der Waals surface area contributed by atoms with Gasteiger partial charge in [-0.1, -0.05) is 18.2 Å². The Morgan fingerprint density at radius 2 is 1.88 bits per heavy atom. The van der Waals surface area contributed by atoms with Crippen molar-refractivity contribution in [1.82, 2.24) is 0 Å². The van der Waals surface area contributed by atoms with Gasteiger partial charge in [-0.25, -0.2) is 0 Å². The second-order valence-corrected chi connectivity index (χ2v) is 4.32. The van der Waals surface area contributed by atoms with E-state index in [1.54, 1.807) is 23.5 Å². The van der Waals surface area contributed by atoms with Gasteiger partial charge in [-0.15, -0.1) is 23.7 Å². The Bertz CT molecular complexity index is 485. The molecule has 0 radical (unpaired) electrons. The van der Waals surface area contributed by atoms with Crippen LogP contribution in [-0.4, -0.2) is 4.92 Å². The van der Waals surface area contributed by atoms with E-state index in [-0.39, 0.29) is 24.1 Å². The van der Waals surface area contributed by atoms with E-state index in [9.17, 15) is 10.1 Å². The van der Waals surface area contributed by atoms with Crippen LogP contribution in [0.15, 0.2) is 41.8 Å². The van der Waals surface area contributed by atoms with Crippen LogP contribution in [0.3, 0.4) is 0 Å². The molecule has 0 spiro atoms. The summed E-state index contributed by atoms with van der Waals surface area (Å²) in [7, 11) is 0. The summed E-state index contributed by atoms with van der Waals surface area (Å²) >= 11 is 1.58. The largest absolute Gasteiger partial charge is 0.320 e. The van der Waals surface area contributed by atoms with E-state index in [1.165, 1.54) is 12.1 Å². The standard InChI is InChI=1S/C11H10N2O2S.ClH/c12-11(10-2-1-7-16-10)8-3-5-9(6-4-8)13(14)15;/h1-7,11H,12H2;1H/t11-;/m1./s1. The monoisotopic (exact) mass is 270 g/mol. The predicted molar refractivity (Wildman–Crippen MR) is 70.7 cm³/mol. The van der Waals surface area contributed by atoms with Crippen LogP contribution in [-0.2, 0) is 0 Å². The molecule has 2 N–H and O–H groups in total. The molecule has 0 bridgehead atoms. The molecule has 6 heteroatoms. The van der Waals surface area contributed by atoms with Gasteiger partial charge in [-0.2, -0.15) is 0 Å². The average molecular weight is 271 g/mol. The van der Waals surface area contributed by atoms with Gasteiger partial charge in [0, 0.05) is 17.0 Å². The number of nitro groups is 1. The van der Waals surface area contributed by atoms with Crippen molar-refractivity contribution in [2.45, 2.75) is 6.04 Å². The maximum absolute atomic E-state index is 10.5. The number of nitro benzene ring substituents is 1. The molecule has 0 aliphatic rings. The molecular weight excluding hydrogens is 260 g/mol. The van der Waals surface area contributed by atoms with Gasteiger partial charge in [-0.05, 0) is 17.0 Å². The lowest BCUT2D eigenvalue weighted by Crippen LogP contribution is -2.09. The van der Waals surface area contributed by atoms with Crippen molar-refractivity contribution in [3.05, 3.63) is 62.3 Å². The summed E-state index contributed by atoms with van der Waals surface area (Å²) in [6, 6.07) is 10.0. The fourth-order valence-corrected chi connectivity index (χ4v) is 2.19. The first-order valence-electron chi connectivity index (χ1n) is 4.72. The van der Waals surface area contributed by atoms with Crippen molar-refractivity contribution in [3.63, 3.8) is 0 Å². The number of hydrogen-bond acceptors (Lipinski definition) is 4. The topological polar surface area (TPSA) is 69.2 Å². The van der Waals surface area contributed by atoms with Crippen LogP contribution in [0.5, 0.6) is 0 Å². The van der Waals surface area contributed by atoms with Crippen molar-refractivity contribution in [1.29, 1.82) is 0 Å². The highest BCUT2D eigenvalue weighted by molar-refractivity contribution is 7.10. The minimum absolute atomic E-state index is 0. The van der Waals surface area contributed by atoms with E-state index in [0.29, 0.717) is 0 Å².